The van der Waals surface area contributed by atoms with Gasteiger partial charge in [-0.25, -0.2) is 9.37 Å². The van der Waals surface area contributed by atoms with Gasteiger partial charge >= 0.3 is 0 Å². The minimum absolute atomic E-state index is 0.311. The molecule has 0 radical (unpaired) electrons. The van der Waals surface area contributed by atoms with E-state index in [9.17, 15) is 9.50 Å². The lowest BCUT2D eigenvalue weighted by Gasteiger charge is -2.37. The zero-order valence-electron chi connectivity index (χ0n) is 17.8. The largest absolute Gasteiger partial charge is 0.380 e. The van der Waals surface area contributed by atoms with Crippen LogP contribution in [0.5, 0.6) is 0 Å². The Labute approximate surface area is 176 Å². The molecule has 1 aliphatic heterocycles. The first-order chi connectivity index (χ1) is 14.5. The van der Waals surface area contributed by atoms with E-state index in [-0.39, 0.29) is 5.82 Å². The molecule has 1 saturated heterocycles. The van der Waals surface area contributed by atoms with Gasteiger partial charge in [-0.05, 0) is 19.9 Å². The Morgan fingerprint density at radius 3 is 2.60 bits per heavy atom. The van der Waals surface area contributed by atoms with Crippen LogP contribution in [0.1, 0.15) is 35.7 Å². The van der Waals surface area contributed by atoms with Gasteiger partial charge in [-0.3, -0.25) is 9.58 Å². The van der Waals surface area contributed by atoms with Crippen LogP contribution in [0.15, 0.2) is 36.8 Å². The van der Waals surface area contributed by atoms with Crippen LogP contribution in [-0.2, 0) is 20.1 Å². The summed E-state index contributed by atoms with van der Waals surface area (Å²) in [6.45, 7) is 8.88. The Morgan fingerprint density at radius 1 is 1.20 bits per heavy atom. The van der Waals surface area contributed by atoms with E-state index in [1.165, 1.54) is 11.6 Å². The highest BCUT2D eigenvalue weighted by Crippen LogP contribution is 2.33. The first-order valence-electron chi connectivity index (χ1n) is 10.4. The third-order valence-electron chi connectivity index (χ3n) is 5.87. The number of benzene rings is 1. The van der Waals surface area contributed by atoms with Gasteiger partial charge < -0.3 is 14.6 Å². The van der Waals surface area contributed by atoms with Crippen molar-refractivity contribution in [2.45, 2.75) is 33.0 Å². The van der Waals surface area contributed by atoms with Crippen molar-refractivity contribution >= 4 is 5.69 Å². The van der Waals surface area contributed by atoms with Crippen molar-refractivity contribution in [2.24, 2.45) is 7.05 Å². The topological polar surface area (TPSA) is 62.4 Å². The van der Waals surface area contributed by atoms with Gasteiger partial charge in [0.15, 0.2) is 0 Å². The van der Waals surface area contributed by atoms with Gasteiger partial charge in [0.2, 0.25) is 0 Å². The van der Waals surface area contributed by atoms with Crippen molar-refractivity contribution in [1.82, 2.24) is 24.2 Å². The fourth-order valence-electron chi connectivity index (χ4n) is 4.11. The molecule has 8 heteroatoms. The SMILES string of the molecule is CCn1cc(CN2CCN(c3c(F)cccc3C(O)c3nccn3C)CC2)c(C)n1. The fourth-order valence-corrected chi connectivity index (χ4v) is 4.11. The molecule has 0 spiro atoms. The monoisotopic (exact) mass is 412 g/mol. The average molecular weight is 413 g/mol. The predicted molar refractivity (Wildman–Crippen MR) is 114 cm³/mol. The van der Waals surface area contributed by atoms with E-state index in [1.54, 1.807) is 29.1 Å². The number of piperazine rings is 1. The molecule has 3 heterocycles. The Morgan fingerprint density at radius 2 is 1.97 bits per heavy atom. The molecule has 7 nitrogen and oxygen atoms in total. The molecule has 4 rings (SSSR count). The van der Waals surface area contributed by atoms with E-state index in [0.29, 0.717) is 30.2 Å². The van der Waals surface area contributed by atoms with Crippen molar-refractivity contribution in [3.63, 3.8) is 0 Å². The van der Waals surface area contributed by atoms with Gasteiger partial charge in [-0.15, -0.1) is 0 Å². The number of nitrogens with zero attached hydrogens (tertiary/aromatic N) is 6. The quantitative estimate of drug-likeness (QED) is 0.674. The lowest BCUT2D eigenvalue weighted by Crippen LogP contribution is -2.46. The number of para-hydroxylation sites is 1. The molecule has 30 heavy (non-hydrogen) atoms. The normalized spacial score (nSPS) is 16.2. The maximum absolute atomic E-state index is 14.9. The maximum Gasteiger partial charge on any atom is 0.146 e. The van der Waals surface area contributed by atoms with Crippen LogP contribution < -0.4 is 4.90 Å². The smallest absolute Gasteiger partial charge is 0.146 e. The number of aromatic nitrogens is 4. The Kier molecular flexibility index (Phi) is 5.87. The first kappa shape index (κ1) is 20.6. The first-order valence-corrected chi connectivity index (χ1v) is 10.4. The summed E-state index contributed by atoms with van der Waals surface area (Å²) in [5.41, 5.74) is 3.33. The third-order valence-corrected chi connectivity index (χ3v) is 5.87. The fraction of sp³-hybridized carbons (Fsp3) is 0.455. The summed E-state index contributed by atoms with van der Waals surface area (Å²) in [6.07, 6.45) is 4.55. The van der Waals surface area contributed by atoms with Crippen LogP contribution in [0.25, 0.3) is 0 Å². The van der Waals surface area contributed by atoms with Crippen molar-refractivity contribution in [1.29, 1.82) is 0 Å². The zero-order chi connectivity index (χ0) is 21.3. The number of rotatable bonds is 6. The second-order valence-electron chi connectivity index (χ2n) is 7.84. The van der Waals surface area contributed by atoms with Crippen molar-refractivity contribution < 1.29 is 9.50 Å². The Bertz CT molecular complexity index is 1000. The van der Waals surface area contributed by atoms with Crippen molar-refractivity contribution in [2.75, 3.05) is 31.1 Å². The van der Waals surface area contributed by atoms with Gasteiger partial charge in [0, 0.05) is 76.0 Å². The highest BCUT2D eigenvalue weighted by molar-refractivity contribution is 5.57. The van der Waals surface area contributed by atoms with Crippen LogP contribution in [0.2, 0.25) is 0 Å². The second kappa shape index (κ2) is 8.57. The number of aryl methyl sites for hydroxylation is 3. The molecule has 1 aromatic carbocycles. The van der Waals surface area contributed by atoms with E-state index in [0.717, 1.165) is 31.9 Å². The average Bonchev–Trinajstić information content (AvgIpc) is 3.33. The van der Waals surface area contributed by atoms with Gasteiger partial charge in [-0.2, -0.15) is 5.10 Å². The van der Waals surface area contributed by atoms with Crippen molar-refractivity contribution in [3.05, 3.63) is 65.3 Å². The summed E-state index contributed by atoms with van der Waals surface area (Å²) in [7, 11) is 1.83. The van der Waals surface area contributed by atoms with E-state index in [1.807, 2.05) is 23.6 Å². The standard InChI is InChI=1S/C22H29FN6O/c1-4-29-15-17(16(2)25-29)14-27-10-12-28(13-11-27)20-18(6-5-7-19(20)23)21(30)22-24-8-9-26(22)3/h5-9,15,21,30H,4,10-14H2,1-3H3. The highest BCUT2D eigenvalue weighted by atomic mass is 19.1. The zero-order valence-corrected chi connectivity index (χ0v) is 17.8. The van der Waals surface area contributed by atoms with Crippen molar-refractivity contribution in [3.8, 4) is 0 Å². The van der Waals surface area contributed by atoms with E-state index in [2.05, 4.69) is 28.1 Å². The number of anilines is 1. The summed E-state index contributed by atoms with van der Waals surface area (Å²) in [4.78, 5) is 8.65. The summed E-state index contributed by atoms with van der Waals surface area (Å²) >= 11 is 0. The molecule has 160 valence electrons. The third kappa shape index (κ3) is 3.97. The van der Waals surface area contributed by atoms with Gasteiger partial charge in [-0.1, -0.05) is 12.1 Å². The van der Waals surface area contributed by atoms with Crippen LogP contribution in [0.3, 0.4) is 0 Å². The molecule has 2 aromatic heterocycles. The molecule has 0 bridgehead atoms. The molecule has 0 aliphatic carbocycles. The number of hydrogen-bond acceptors (Lipinski definition) is 5. The van der Waals surface area contributed by atoms with Gasteiger partial charge in [0.25, 0.3) is 0 Å². The molecule has 1 atom stereocenters. The van der Waals surface area contributed by atoms with Crippen LogP contribution >= 0.6 is 0 Å². The number of halogens is 1. The van der Waals surface area contributed by atoms with Gasteiger partial charge in [0.05, 0.1) is 11.4 Å². The molecular weight excluding hydrogens is 383 g/mol. The number of imidazole rings is 1. The van der Waals surface area contributed by atoms with Crippen LogP contribution in [-0.4, -0.2) is 55.5 Å². The Hall–Kier alpha value is -2.71. The maximum atomic E-state index is 14.9. The lowest BCUT2D eigenvalue weighted by molar-refractivity contribution is 0.205. The van der Waals surface area contributed by atoms with Crippen LogP contribution in [0, 0.1) is 12.7 Å². The second-order valence-corrected chi connectivity index (χ2v) is 7.84. The minimum atomic E-state index is -0.976. The molecule has 1 unspecified atom stereocenters. The highest BCUT2D eigenvalue weighted by Gasteiger charge is 2.27. The predicted octanol–water partition coefficient (Wildman–Crippen LogP) is 2.49. The molecule has 1 fully saturated rings. The number of aliphatic hydroxyl groups excluding tert-OH is 1. The van der Waals surface area contributed by atoms with E-state index < -0.39 is 6.10 Å². The van der Waals surface area contributed by atoms with Gasteiger partial charge in [0.1, 0.15) is 17.7 Å². The summed E-state index contributed by atoms with van der Waals surface area (Å²) in [5, 5.41) is 15.4. The Balaban J connectivity index is 1.49. The molecular formula is C22H29FN6O. The summed E-state index contributed by atoms with van der Waals surface area (Å²) in [6, 6.07) is 4.89. The number of aliphatic hydroxyl groups is 1. The molecule has 1 aliphatic rings. The molecule has 0 amide bonds. The van der Waals surface area contributed by atoms with E-state index in [4.69, 9.17) is 0 Å². The molecule has 3 aromatic rings. The molecule has 0 saturated carbocycles. The summed E-state index contributed by atoms with van der Waals surface area (Å²) in [5.74, 6) is 0.193. The van der Waals surface area contributed by atoms with E-state index >= 15 is 0 Å². The number of hydrogen-bond donors (Lipinski definition) is 1. The molecule has 1 N–H and O–H groups in total. The lowest BCUT2D eigenvalue weighted by atomic mass is 10.0. The summed E-state index contributed by atoms with van der Waals surface area (Å²) < 4.78 is 18.6. The minimum Gasteiger partial charge on any atom is -0.380 e. The van der Waals surface area contributed by atoms with Crippen LogP contribution in [0.4, 0.5) is 10.1 Å².